The average molecular weight is 382 g/mol. The van der Waals surface area contributed by atoms with E-state index in [4.69, 9.17) is 33.4 Å². The van der Waals surface area contributed by atoms with E-state index in [0.717, 1.165) is 6.07 Å². The van der Waals surface area contributed by atoms with Gasteiger partial charge in [-0.25, -0.2) is 13.2 Å². The molecule has 2 atom stereocenters. The fourth-order valence-corrected chi connectivity index (χ4v) is 3.27. The van der Waals surface area contributed by atoms with Crippen LogP contribution in [0, 0.1) is 0 Å². The highest BCUT2D eigenvalue weighted by atomic mass is 35.5. The van der Waals surface area contributed by atoms with Crippen molar-refractivity contribution in [2.45, 2.75) is 17.5 Å². The van der Waals surface area contributed by atoms with Gasteiger partial charge in [-0.3, -0.25) is 4.72 Å². The van der Waals surface area contributed by atoms with E-state index in [9.17, 15) is 26.4 Å². The van der Waals surface area contributed by atoms with Crippen molar-refractivity contribution < 1.29 is 36.6 Å². The maximum absolute atomic E-state index is 12.8. The number of carbonyl (C=O) groups is 1. The van der Waals surface area contributed by atoms with Gasteiger partial charge in [0.15, 0.2) is 6.10 Å². The first-order valence-electron chi connectivity index (χ1n) is 5.31. The highest BCUT2D eigenvalue weighted by Crippen LogP contribution is 2.34. The van der Waals surface area contributed by atoms with Crippen LogP contribution in [0.15, 0.2) is 18.2 Å². The predicted molar refractivity (Wildman–Crippen MR) is 72.5 cm³/mol. The first-order chi connectivity index (χ1) is 9.88. The normalized spacial score (nSPS) is 15.2. The van der Waals surface area contributed by atoms with Crippen LogP contribution in [0.1, 0.15) is 0 Å². The van der Waals surface area contributed by atoms with Crippen molar-refractivity contribution in [1.82, 2.24) is 0 Å². The molecule has 3 N–H and O–H groups in total. The van der Waals surface area contributed by atoms with Gasteiger partial charge in [-0.15, -0.1) is 0 Å². The van der Waals surface area contributed by atoms with E-state index in [1.807, 2.05) is 0 Å². The molecule has 0 aromatic heterocycles. The largest absolute Gasteiger partial charge is 0.479 e. The van der Waals surface area contributed by atoms with Crippen LogP contribution in [-0.2, 0) is 14.8 Å². The van der Waals surface area contributed by atoms with Gasteiger partial charge in [-0.2, -0.15) is 13.2 Å². The molecule has 6 nitrogen and oxygen atoms in total. The van der Waals surface area contributed by atoms with Crippen molar-refractivity contribution >= 4 is 44.9 Å². The molecule has 12 heteroatoms. The Hall–Kier alpha value is -1.23. The Morgan fingerprint density at radius 1 is 1.27 bits per heavy atom. The summed E-state index contributed by atoms with van der Waals surface area (Å²) in [4.78, 5) is 10.5. The van der Waals surface area contributed by atoms with Gasteiger partial charge in [0.25, 0.3) is 0 Å². The second kappa shape index (κ2) is 6.49. The number of alkyl halides is 3. The van der Waals surface area contributed by atoms with Crippen molar-refractivity contribution in [2.24, 2.45) is 0 Å². The number of rotatable bonds is 5. The standard InChI is InChI=1S/C10H8Cl2F3NO5S/c11-4-2-1-3-5(6(4)12)16-22(20,21)8(10(13,14)15)7(17)9(18)19/h1-3,7-8,16-17H,(H,18,19)/t7-,8-/m0/s1. The van der Waals surface area contributed by atoms with Gasteiger partial charge in [0.05, 0.1) is 15.7 Å². The smallest absolute Gasteiger partial charge is 0.410 e. The number of aliphatic hydroxyl groups is 1. The summed E-state index contributed by atoms with van der Waals surface area (Å²) < 4.78 is 63.5. The Labute approximate surface area is 132 Å². The summed E-state index contributed by atoms with van der Waals surface area (Å²) in [5.41, 5.74) is -0.485. The van der Waals surface area contributed by atoms with E-state index in [1.54, 1.807) is 0 Å². The fraction of sp³-hybridized carbons (Fsp3) is 0.300. The first-order valence-corrected chi connectivity index (χ1v) is 7.61. The van der Waals surface area contributed by atoms with Crippen molar-refractivity contribution in [2.75, 3.05) is 4.72 Å². The first kappa shape index (κ1) is 18.8. The number of carboxylic acids is 1. The summed E-state index contributed by atoms with van der Waals surface area (Å²) in [6.07, 6.45) is -8.75. The topological polar surface area (TPSA) is 104 Å². The number of hydrogen-bond donors (Lipinski definition) is 3. The van der Waals surface area contributed by atoms with Gasteiger partial charge >= 0.3 is 12.1 Å². The molecule has 1 rings (SSSR count). The highest BCUT2D eigenvalue weighted by Gasteiger charge is 2.55. The Morgan fingerprint density at radius 3 is 2.27 bits per heavy atom. The van der Waals surface area contributed by atoms with Gasteiger partial charge in [0.2, 0.25) is 15.3 Å². The molecule has 0 bridgehead atoms. The van der Waals surface area contributed by atoms with Gasteiger partial charge in [0, 0.05) is 0 Å². The molecule has 0 heterocycles. The van der Waals surface area contributed by atoms with E-state index in [0.29, 0.717) is 0 Å². The Kier molecular flexibility index (Phi) is 5.55. The lowest BCUT2D eigenvalue weighted by molar-refractivity contribution is -0.169. The minimum Gasteiger partial charge on any atom is -0.479 e. The molecule has 1 aromatic rings. The van der Waals surface area contributed by atoms with Gasteiger partial charge < -0.3 is 10.2 Å². The summed E-state index contributed by atoms with van der Waals surface area (Å²) in [5, 5.41) is 13.4. The second-order valence-corrected chi connectivity index (χ2v) is 6.58. The molecule has 22 heavy (non-hydrogen) atoms. The maximum Gasteiger partial charge on any atom is 0.410 e. The third-order valence-electron chi connectivity index (χ3n) is 2.40. The van der Waals surface area contributed by atoms with Crippen molar-refractivity contribution in [3.63, 3.8) is 0 Å². The van der Waals surface area contributed by atoms with Crippen LogP contribution in [0.5, 0.6) is 0 Å². The molecule has 1 aromatic carbocycles. The number of halogens is 5. The predicted octanol–water partition coefficient (Wildman–Crippen LogP) is 2.11. The molecule has 0 fully saturated rings. The number of aliphatic hydroxyl groups excluding tert-OH is 1. The summed E-state index contributed by atoms with van der Waals surface area (Å²) in [7, 11) is -5.37. The zero-order valence-corrected chi connectivity index (χ0v) is 12.6. The van der Waals surface area contributed by atoms with E-state index in [1.165, 1.54) is 16.9 Å². The Bertz CT molecular complexity index is 680. The van der Waals surface area contributed by atoms with Crippen LogP contribution in [0.2, 0.25) is 10.0 Å². The molecule has 0 saturated heterocycles. The van der Waals surface area contributed by atoms with Gasteiger partial charge in [0.1, 0.15) is 0 Å². The monoisotopic (exact) mass is 381 g/mol. The summed E-state index contributed by atoms with van der Waals surface area (Å²) in [6.45, 7) is 0. The lowest BCUT2D eigenvalue weighted by Gasteiger charge is -2.23. The summed E-state index contributed by atoms with van der Waals surface area (Å²) in [6, 6.07) is 3.49. The number of hydrogen-bond acceptors (Lipinski definition) is 4. The van der Waals surface area contributed by atoms with Crippen LogP contribution < -0.4 is 4.72 Å². The van der Waals surface area contributed by atoms with Gasteiger partial charge in [-0.05, 0) is 12.1 Å². The number of sulfonamides is 1. The quantitative estimate of drug-likeness (QED) is 0.724. The van der Waals surface area contributed by atoms with Crippen molar-refractivity contribution in [3.05, 3.63) is 28.2 Å². The van der Waals surface area contributed by atoms with E-state index >= 15 is 0 Å². The third kappa shape index (κ3) is 4.15. The van der Waals surface area contributed by atoms with Crippen LogP contribution in [0.4, 0.5) is 18.9 Å². The number of aliphatic carboxylic acids is 1. The van der Waals surface area contributed by atoms with Crippen LogP contribution in [-0.4, -0.2) is 42.1 Å². The number of nitrogens with one attached hydrogen (secondary N) is 1. The molecule has 0 aliphatic carbocycles. The van der Waals surface area contributed by atoms with Crippen LogP contribution in [0.25, 0.3) is 0 Å². The number of benzene rings is 1. The van der Waals surface area contributed by atoms with Crippen LogP contribution in [0.3, 0.4) is 0 Å². The third-order valence-corrected chi connectivity index (χ3v) is 4.92. The number of carboxylic acid groups (broad SMARTS) is 1. The number of anilines is 1. The lowest BCUT2D eigenvalue weighted by atomic mass is 10.2. The molecular formula is C10H8Cl2F3NO5S. The highest BCUT2D eigenvalue weighted by molar-refractivity contribution is 7.93. The molecule has 124 valence electrons. The molecule has 0 spiro atoms. The maximum atomic E-state index is 12.8. The fourth-order valence-electron chi connectivity index (χ4n) is 1.45. The summed E-state index contributed by atoms with van der Waals surface area (Å²) in [5.74, 6) is -2.34. The van der Waals surface area contributed by atoms with Crippen LogP contribution >= 0.6 is 23.2 Å². The zero-order valence-electron chi connectivity index (χ0n) is 10.3. The zero-order chi connectivity index (χ0) is 17.3. The molecule has 0 radical (unpaired) electrons. The summed E-state index contributed by atoms with van der Waals surface area (Å²) >= 11 is 11.2. The van der Waals surface area contributed by atoms with E-state index in [2.05, 4.69) is 0 Å². The molecule has 0 saturated carbocycles. The molecule has 0 amide bonds. The molecule has 0 aliphatic rings. The van der Waals surface area contributed by atoms with Gasteiger partial charge in [-0.1, -0.05) is 29.3 Å². The Morgan fingerprint density at radius 2 is 1.82 bits per heavy atom. The van der Waals surface area contributed by atoms with Crippen molar-refractivity contribution in [1.29, 1.82) is 0 Å². The lowest BCUT2D eigenvalue weighted by Crippen LogP contribution is -2.51. The minimum atomic E-state index is -5.53. The van der Waals surface area contributed by atoms with E-state index in [-0.39, 0.29) is 10.0 Å². The molecule has 0 unspecified atom stereocenters. The average Bonchev–Trinajstić information content (AvgIpc) is 2.32. The van der Waals surface area contributed by atoms with E-state index < -0.39 is 39.2 Å². The Balaban J connectivity index is 3.29. The van der Waals surface area contributed by atoms with Crippen molar-refractivity contribution in [3.8, 4) is 0 Å². The SMILES string of the molecule is O=C(O)[C@@H](O)[C@@H](C(F)(F)F)S(=O)(=O)Nc1cccc(Cl)c1Cl. The minimum absolute atomic E-state index is 0.135. The molecule has 0 aliphatic heterocycles. The second-order valence-electron chi connectivity index (χ2n) is 3.99. The molecular weight excluding hydrogens is 374 g/mol.